The summed E-state index contributed by atoms with van der Waals surface area (Å²) in [7, 11) is 0. The van der Waals surface area contributed by atoms with E-state index < -0.39 is 0 Å². The van der Waals surface area contributed by atoms with Crippen molar-refractivity contribution in [1.82, 2.24) is 4.90 Å². The largest absolute Gasteiger partial charge is 0.299 e. The summed E-state index contributed by atoms with van der Waals surface area (Å²) in [4.78, 5) is 27.1. The number of hydrogen-bond acceptors (Lipinski definition) is 3. The van der Waals surface area contributed by atoms with Gasteiger partial charge in [-0.3, -0.25) is 14.5 Å². The molecule has 3 heteroatoms. The van der Waals surface area contributed by atoms with Gasteiger partial charge in [-0.15, -0.1) is 0 Å². The Hall–Kier alpha value is -2.26. The molecule has 128 valence electrons. The molecule has 2 aromatic carbocycles. The van der Waals surface area contributed by atoms with Crippen LogP contribution in [0.2, 0.25) is 0 Å². The Bertz CT molecular complexity index is 789. The van der Waals surface area contributed by atoms with Crippen LogP contribution in [-0.2, 0) is 6.54 Å². The van der Waals surface area contributed by atoms with Gasteiger partial charge in [0.2, 0.25) is 0 Å². The van der Waals surface area contributed by atoms with E-state index in [0.717, 1.165) is 43.6 Å². The first kappa shape index (κ1) is 16.2. The summed E-state index contributed by atoms with van der Waals surface area (Å²) >= 11 is 0. The maximum absolute atomic E-state index is 12.4. The lowest BCUT2D eigenvalue weighted by molar-refractivity contribution is 0.0888. The zero-order valence-corrected chi connectivity index (χ0v) is 14.4. The zero-order valence-electron chi connectivity index (χ0n) is 14.4. The monoisotopic (exact) mass is 333 g/mol. The molecule has 0 amide bonds. The van der Waals surface area contributed by atoms with Crippen molar-refractivity contribution in [3.8, 4) is 0 Å². The normalized spacial score (nSPS) is 19.0. The SMILES string of the molecule is O=C1CCC(=O)c2c1cccc2C1CCN(Cc2ccccc2)CC1. The van der Waals surface area contributed by atoms with Gasteiger partial charge < -0.3 is 0 Å². The summed E-state index contributed by atoms with van der Waals surface area (Å²) in [5.41, 5.74) is 3.83. The summed E-state index contributed by atoms with van der Waals surface area (Å²) in [6, 6.07) is 16.4. The zero-order chi connectivity index (χ0) is 17.2. The highest BCUT2D eigenvalue weighted by molar-refractivity contribution is 6.14. The molecule has 0 N–H and O–H groups in total. The van der Waals surface area contributed by atoms with Gasteiger partial charge in [-0.25, -0.2) is 0 Å². The van der Waals surface area contributed by atoms with Crippen molar-refractivity contribution in [1.29, 1.82) is 0 Å². The molecule has 25 heavy (non-hydrogen) atoms. The van der Waals surface area contributed by atoms with Crippen molar-refractivity contribution in [3.63, 3.8) is 0 Å². The molecule has 4 rings (SSSR count). The van der Waals surface area contributed by atoms with E-state index in [-0.39, 0.29) is 11.6 Å². The number of likely N-dealkylation sites (tertiary alicyclic amines) is 1. The summed E-state index contributed by atoms with van der Waals surface area (Å²) < 4.78 is 0. The highest BCUT2D eigenvalue weighted by atomic mass is 16.1. The summed E-state index contributed by atoms with van der Waals surface area (Å²) in [5, 5.41) is 0. The predicted octanol–water partition coefficient (Wildman–Crippen LogP) is 4.23. The highest BCUT2D eigenvalue weighted by Crippen LogP contribution is 2.35. The van der Waals surface area contributed by atoms with Gasteiger partial charge in [0.25, 0.3) is 0 Å². The summed E-state index contributed by atoms with van der Waals surface area (Å²) in [5.74, 6) is 0.659. The van der Waals surface area contributed by atoms with Crippen LogP contribution in [0.25, 0.3) is 0 Å². The fraction of sp³-hybridized carbons (Fsp3) is 0.364. The van der Waals surface area contributed by atoms with E-state index in [0.29, 0.717) is 24.3 Å². The molecule has 3 nitrogen and oxygen atoms in total. The van der Waals surface area contributed by atoms with E-state index in [9.17, 15) is 9.59 Å². The van der Waals surface area contributed by atoms with Gasteiger partial charge in [0, 0.05) is 30.5 Å². The smallest absolute Gasteiger partial charge is 0.164 e. The average molecular weight is 333 g/mol. The Labute approximate surface area is 148 Å². The average Bonchev–Trinajstić information content (AvgIpc) is 2.66. The van der Waals surface area contributed by atoms with Gasteiger partial charge in [0.05, 0.1) is 0 Å². The number of hydrogen-bond donors (Lipinski definition) is 0. The standard InChI is InChI=1S/C22H23NO2/c24-20-9-10-21(25)22-18(7-4-8-19(20)22)17-11-13-23(14-12-17)15-16-5-2-1-3-6-16/h1-8,17H,9-15H2. The third-order valence-electron chi connectivity index (χ3n) is 5.53. The Kier molecular flexibility index (Phi) is 4.50. The molecule has 1 aliphatic carbocycles. The number of ketones is 2. The first-order valence-electron chi connectivity index (χ1n) is 9.18. The van der Waals surface area contributed by atoms with E-state index in [1.54, 1.807) is 0 Å². The predicted molar refractivity (Wildman–Crippen MR) is 98.0 cm³/mol. The third-order valence-corrected chi connectivity index (χ3v) is 5.53. The van der Waals surface area contributed by atoms with Crippen LogP contribution in [0.4, 0.5) is 0 Å². The van der Waals surface area contributed by atoms with Crippen molar-refractivity contribution >= 4 is 11.6 Å². The lowest BCUT2D eigenvalue weighted by Crippen LogP contribution is -2.33. The molecule has 0 saturated carbocycles. The van der Waals surface area contributed by atoms with Crippen molar-refractivity contribution < 1.29 is 9.59 Å². The quantitative estimate of drug-likeness (QED) is 0.844. The van der Waals surface area contributed by atoms with Crippen LogP contribution < -0.4 is 0 Å². The van der Waals surface area contributed by atoms with Gasteiger partial charge >= 0.3 is 0 Å². The van der Waals surface area contributed by atoms with Gasteiger partial charge in [-0.2, -0.15) is 0 Å². The number of Topliss-reactive ketones (excluding diaryl/α,β-unsaturated/α-hetero) is 2. The Morgan fingerprint density at radius 1 is 0.840 bits per heavy atom. The fourth-order valence-electron chi connectivity index (χ4n) is 4.18. The molecule has 1 heterocycles. The minimum atomic E-state index is 0.123. The number of nitrogens with zero attached hydrogens (tertiary/aromatic N) is 1. The second-order valence-electron chi connectivity index (χ2n) is 7.15. The number of carbonyl (C=O) groups excluding carboxylic acids is 2. The lowest BCUT2D eigenvalue weighted by atomic mass is 9.79. The van der Waals surface area contributed by atoms with Crippen LogP contribution >= 0.6 is 0 Å². The number of benzene rings is 2. The van der Waals surface area contributed by atoms with Crippen molar-refractivity contribution in [3.05, 3.63) is 70.8 Å². The molecule has 1 aliphatic heterocycles. The van der Waals surface area contributed by atoms with E-state index in [2.05, 4.69) is 35.2 Å². The molecule has 0 atom stereocenters. The van der Waals surface area contributed by atoms with E-state index in [1.807, 2.05) is 18.2 Å². The maximum Gasteiger partial charge on any atom is 0.164 e. The second-order valence-corrected chi connectivity index (χ2v) is 7.15. The maximum atomic E-state index is 12.4. The van der Waals surface area contributed by atoms with E-state index in [1.165, 1.54) is 5.56 Å². The molecule has 1 saturated heterocycles. The number of carbonyl (C=O) groups is 2. The highest BCUT2D eigenvalue weighted by Gasteiger charge is 2.30. The van der Waals surface area contributed by atoms with Crippen molar-refractivity contribution in [2.45, 2.75) is 38.1 Å². The molecule has 2 aliphatic rings. The van der Waals surface area contributed by atoms with E-state index >= 15 is 0 Å². The number of fused-ring (bicyclic) bond motifs is 1. The summed E-state index contributed by atoms with van der Waals surface area (Å²) in [6.45, 7) is 3.05. The summed E-state index contributed by atoms with van der Waals surface area (Å²) in [6.07, 6.45) is 2.83. The second kappa shape index (κ2) is 6.93. The number of rotatable bonds is 3. The van der Waals surface area contributed by atoms with Crippen LogP contribution in [0.5, 0.6) is 0 Å². The molecule has 2 aromatic rings. The fourth-order valence-corrected chi connectivity index (χ4v) is 4.18. The Morgan fingerprint density at radius 2 is 1.56 bits per heavy atom. The topological polar surface area (TPSA) is 37.4 Å². The van der Waals surface area contributed by atoms with Gasteiger partial charge in [0.15, 0.2) is 11.6 Å². The van der Waals surface area contributed by atoms with Gasteiger partial charge in [-0.05, 0) is 43.0 Å². The molecular weight excluding hydrogens is 310 g/mol. The van der Waals surface area contributed by atoms with Crippen LogP contribution in [0.15, 0.2) is 48.5 Å². The minimum Gasteiger partial charge on any atom is -0.299 e. The molecule has 0 spiro atoms. The van der Waals surface area contributed by atoms with Crippen molar-refractivity contribution in [2.75, 3.05) is 13.1 Å². The molecule has 0 unspecified atom stereocenters. The molecular formula is C22H23NO2. The molecule has 0 radical (unpaired) electrons. The van der Waals surface area contributed by atoms with Crippen molar-refractivity contribution in [2.24, 2.45) is 0 Å². The van der Waals surface area contributed by atoms with Crippen LogP contribution in [0.3, 0.4) is 0 Å². The van der Waals surface area contributed by atoms with Gasteiger partial charge in [0.1, 0.15) is 0 Å². The molecule has 0 bridgehead atoms. The lowest BCUT2D eigenvalue weighted by Gasteiger charge is -2.33. The first-order valence-corrected chi connectivity index (χ1v) is 9.18. The van der Waals surface area contributed by atoms with Crippen LogP contribution in [0.1, 0.15) is 63.4 Å². The molecule has 0 aromatic heterocycles. The Morgan fingerprint density at radius 3 is 2.32 bits per heavy atom. The number of piperidine rings is 1. The Balaban J connectivity index is 1.49. The van der Waals surface area contributed by atoms with Crippen LogP contribution in [0, 0.1) is 0 Å². The first-order chi connectivity index (χ1) is 12.2. The van der Waals surface area contributed by atoms with E-state index in [4.69, 9.17) is 0 Å². The van der Waals surface area contributed by atoms with Crippen LogP contribution in [-0.4, -0.2) is 29.6 Å². The molecule has 1 fully saturated rings. The van der Waals surface area contributed by atoms with Gasteiger partial charge in [-0.1, -0.05) is 48.5 Å². The minimum absolute atomic E-state index is 0.123. The third kappa shape index (κ3) is 3.29.